The molecule has 5 atom stereocenters. The molecule has 2 heterocycles. The van der Waals surface area contributed by atoms with Crippen molar-refractivity contribution in [3.05, 3.63) is 54.1 Å². The van der Waals surface area contributed by atoms with Crippen LogP contribution in [0, 0.1) is 0 Å². The molecule has 1 aromatic carbocycles. The molecule has 0 unspecified atom stereocenters. The average molecular weight is 530 g/mol. The Bertz CT molecular complexity index is 1040. The Labute approximate surface area is 224 Å². The summed E-state index contributed by atoms with van der Waals surface area (Å²) < 4.78 is 31.3. The number of hydrogen-bond acceptors (Lipinski definition) is 10. The normalized spacial score (nSPS) is 21.7. The fourth-order valence-electron chi connectivity index (χ4n) is 4.71. The van der Waals surface area contributed by atoms with Crippen molar-refractivity contribution in [3.63, 3.8) is 0 Å². The summed E-state index contributed by atoms with van der Waals surface area (Å²) in [7, 11) is 5.27. The van der Waals surface area contributed by atoms with Gasteiger partial charge in [-0.05, 0) is 31.5 Å². The Balaban J connectivity index is 1.66. The van der Waals surface area contributed by atoms with Crippen LogP contribution >= 0.6 is 0 Å². The van der Waals surface area contributed by atoms with Crippen molar-refractivity contribution in [2.24, 2.45) is 10.8 Å². The van der Waals surface area contributed by atoms with E-state index in [1.807, 2.05) is 24.3 Å². The molecule has 0 amide bonds. The number of anilines is 1. The van der Waals surface area contributed by atoms with Gasteiger partial charge in [-0.3, -0.25) is 5.01 Å². The third kappa shape index (κ3) is 7.70. The van der Waals surface area contributed by atoms with Crippen LogP contribution in [-0.4, -0.2) is 85.6 Å². The molecule has 1 fully saturated rings. The minimum atomic E-state index is -0.752. The van der Waals surface area contributed by atoms with Crippen molar-refractivity contribution < 1.29 is 18.6 Å². The monoisotopic (exact) mass is 529 g/mol. The van der Waals surface area contributed by atoms with E-state index in [2.05, 4.69) is 40.7 Å². The fourth-order valence-corrected chi connectivity index (χ4v) is 4.71. The van der Waals surface area contributed by atoms with Crippen LogP contribution in [0.25, 0.3) is 11.1 Å². The van der Waals surface area contributed by atoms with E-state index >= 15 is 0 Å². The highest BCUT2D eigenvalue weighted by atomic mass is 19.1. The van der Waals surface area contributed by atoms with Crippen molar-refractivity contribution in [2.45, 2.75) is 56.8 Å². The summed E-state index contributed by atoms with van der Waals surface area (Å²) in [5.41, 5.74) is 15.0. The van der Waals surface area contributed by atoms with Gasteiger partial charge in [0.05, 0.1) is 6.10 Å². The second kappa shape index (κ2) is 14.1. The van der Waals surface area contributed by atoms with Gasteiger partial charge in [-0.25, -0.2) is 14.4 Å². The maximum absolute atomic E-state index is 14.4. The Morgan fingerprint density at radius 3 is 2.50 bits per heavy atom. The van der Waals surface area contributed by atoms with Crippen molar-refractivity contribution >= 4 is 12.7 Å². The van der Waals surface area contributed by atoms with Gasteiger partial charge in [0.25, 0.3) is 0 Å². The highest BCUT2D eigenvalue weighted by Crippen LogP contribution is 2.29. The maximum Gasteiger partial charge on any atom is 0.219 e. The number of methoxy groups -OCH3 is 2. The minimum Gasteiger partial charge on any atom is -0.401 e. The fraction of sp³-hybridized carbons (Fsp3) is 0.519. The molecule has 3 rings (SSSR count). The minimum absolute atomic E-state index is 0.125. The summed E-state index contributed by atoms with van der Waals surface area (Å²) in [6.45, 7) is 5.71. The number of nitrogens with zero attached hydrogens (tertiary/aromatic N) is 5. The number of rotatable bonds is 13. The zero-order valence-electron chi connectivity index (χ0n) is 22.7. The second-order valence-corrected chi connectivity index (χ2v) is 9.52. The Morgan fingerprint density at radius 1 is 1.24 bits per heavy atom. The summed E-state index contributed by atoms with van der Waals surface area (Å²) in [5.74, 6) is 0.213. The van der Waals surface area contributed by atoms with E-state index in [4.69, 9.17) is 25.7 Å². The lowest BCUT2D eigenvalue weighted by atomic mass is 9.99. The van der Waals surface area contributed by atoms with Crippen molar-refractivity contribution in [2.75, 3.05) is 40.2 Å². The first kappa shape index (κ1) is 29.4. The first-order chi connectivity index (χ1) is 18.3. The summed E-state index contributed by atoms with van der Waals surface area (Å²) in [5, 5.41) is 5.49. The molecule has 4 N–H and O–H groups in total. The first-order valence-electron chi connectivity index (χ1n) is 12.7. The van der Waals surface area contributed by atoms with Crippen LogP contribution in [0.4, 0.5) is 10.3 Å². The van der Waals surface area contributed by atoms with E-state index in [9.17, 15) is 4.39 Å². The molecule has 0 bridgehead atoms. The van der Waals surface area contributed by atoms with E-state index in [-0.39, 0.29) is 18.3 Å². The molecular formula is C27H40FN7O3. The number of nitrogens with two attached hydrogens (primary N) is 2. The standard InChI is InChI=1S/C27H40FN7O3/c1-18-12-23(13-25(36-4)38-18)34(3)11-10-22(29)17-35(31-2)24(14-28)26(37-5)20-8-6-19(7-9-20)21-15-32-27(30)33-16-21/h6-9,15-18,23-26H,2,10-14,29H2,1,3-5H3,(H2,30,32,33)/b22-17-/t18-,23+,24-,25-,26-/m1/s1. The smallest absolute Gasteiger partial charge is 0.219 e. The molecule has 0 aliphatic carbocycles. The summed E-state index contributed by atoms with van der Waals surface area (Å²) >= 11 is 0. The molecule has 1 aromatic heterocycles. The molecule has 0 radical (unpaired) electrons. The number of benzene rings is 1. The number of nitrogen functional groups attached to an aromatic ring is 1. The molecule has 38 heavy (non-hydrogen) atoms. The molecule has 0 spiro atoms. The van der Waals surface area contributed by atoms with E-state index in [1.54, 1.807) is 32.8 Å². The number of halogens is 1. The Morgan fingerprint density at radius 2 is 1.92 bits per heavy atom. The van der Waals surface area contributed by atoms with Gasteiger partial charge in [0.2, 0.25) is 5.95 Å². The number of aromatic nitrogens is 2. The van der Waals surface area contributed by atoms with Gasteiger partial charge in [-0.2, -0.15) is 5.10 Å². The Kier molecular flexibility index (Phi) is 11.0. The van der Waals surface area contributed by atoms with Crippen LogP contribution in [0.2, 0.25) is 0 Å². The third-order valence-electron chi connectivity index (χ3n) is 6.90. The SMILES string of the molecule is C=NN(/C=C(\N)CCN(C)[C@@H]1C[C@H](OC)O[C@H](C)C1)[C@H](CF)[C@H](OC)c1ccc(-c2cnc(N)nc2)cc1. The molecule has 0 saturated carbocycles. The summed E-state index contributed by atoms with van der Waals surface area (Å²) in [6.07, 6.45) is 6.57. The second-order valence-electron chi connectivity index (χ2n) is 9.52. The van der Waals surface area contributed by atoms with Crippen LogP contribution in [0.15, 0.2) is 53.7 Å². The lowest BCUT2D eigenvalue weighted by Gasteiger charge is -2.38. The van der Waals surface area contributed by atoms with Crippen LogP contribution in [0.3, 0.4) is 0 Å². The molecule has 11 heteroatoms. The van der Waals surface area contributed by atoms with Gasteiger partial charge in [-0.1, -0.05) is 24.3 Å². The van der Waals surface area contributed by atoms with Crippen LogP contribution in [0.1, 0.15) is 37.9 Å². The quantitative estimate of drug-likeness (QED) is 0.297. The van der Waals surface area contributed by atoms with Gasteiger partial charge >= 0.3 is 0 Å². The molecule has 208 valence electrons. The molecule has 1 aliphatic rings. The molecule has 1 aliphatic heterocycles. The van der Waals surface area contributed by atoms with E-state index < -0.39 is 18.8 Å². The molecule has 1 saturated heterocycles. The van der Waals surface area contributed by atoms with Crippen molar-refractivity contribution in [1.82, 2.24) is 19.9 Å². The maximum atomic E-state index is 14.4. The summed E-state index contributed by atoms with van der Waals surface area (Å²) in [6, 6.07) is 7.15. The van der Waals surface area contributed by atoms with Gasteiger partial charge in [-0.15, -0.1) is 0 Å². The zero-order chi connectivity index (χ0) is 27.7. The third-order valence-corrected chi connectivity index (χ3v) is 6.90. The predicted octanol–water partition coefficient (Wildman–Crippen LogP) is 3.33. The number of alkyl halides is 1. The zero-order valence-corrected chi connectivity index (χ0v) is 22.7. The topological polar surface area (TPSA) is 124 Å². The van der Waals surface area contributed by atoms with E-state index in [0.717, 1.165) is 36.1 Å². The van der Waals surface area contributed by atoms with Crippen molar-refractivity contribution in [3.8, 4) is 11.1 Å². The molecule has 2 aromatic rings. The predicted molar refractivity (Wildman–Crippen MR) is 147 cm³/mol. The average Bonchev–Trinajstić information content (AvgIpc) is 2.93. The molecule has 10 nitrogen and oxygen atoms in total. The van der Waals surface area contributed by atoms with Crippen LogP contribution < -0.4 is 11.5 Å². The van der Waals surface area contributed by atoms with Crippen LogP contribution in [0.5, 0.6) is 0 Å². The highest BCUT2D eigenvalue weighted by Gasteiger charge is 2.30. The van der Waals surface area contributed by atoms with E-state index in [1.165, 1.54) is 5.01 Å². The van der Waals surface area contributed by atoms with Gasteiger partial charge in [0.1, 0.15) is 18.8 Å². The molecular weight excluding hydrogens is 489 g/mol. The van der Waals surface area contributed by atoms with Gasteiger partial charge in [0.15, 0.2) is 6.29 Å². The van der Waals surface area contributed by atoms with E-state index in [0.29, 0.717) is 18.2 Å². The van der Waals surface area contributed by atoms with Crippen LogP contribution in [-0.2, 0) is 14.2 Å². The first-order valence-corrected chi connectivity index (χ1v) is 12.7. The lowest BCUT2D eigenvalue weighted by molar-refractivity contribution is -0.189. The largest absolute Gasteiger partial charge is 0.401 e. The van der Waals surface area contributed by atoms with Crippen molar-refractivity contribution in [1.29, 1.82) is 0 Å². The highest BCUT2D eigenvalue weighted by molar-refractivity contribution is 5.62. The number of hydrazone groups is 1. The Hall–Kier alpha value is -3.12. The summed E-state index contributed by atoms with van der Waals surface area (Å²) in [4.78, 5) is 10.3. The van der Waals surface area contributed by atoms with Gasteiger partial charge < -0.3 is 30.6 Å². The number of ether oxygens (including phenoxy) is 3. The number of hydrogen-bond donors (Lipinski definition) is 2. The van der Waals surface area contributed by atoms with Gasteiger partial charge in [0, 0.05) is 76.2 Å². The lowest BCUT2D eigenvalue weighted by Crippen LogP contribution is -2.44.